The van der Waals surface area contributed by atoms with Gasteiger partial charge in [-0.25, -0.2) is 0 Å². The van der Waals surface area contributed by atoms with E-state index in [2.05, 4.69) is 48.7 Å². The summed E-state index contributed by atoms with van der Waals surface area (Å²) in [4.78, 5) is 12.0. The largest absolute Gasteiger partial charge is 0.349 e. The van der Waals surface area contributed by atoms with Crippen LogP contribution in [-0.2, 0) is 10.2 Å². The lowest BCUT2D eigenvalue weighted by Crippen LogP contribution is -2.35. The Labute approximate surface area is 122 Å². The Morgan fingerprint density at radius 1 is 1.35 bits per heavy atom. The van der Waals surface area contributed by atoms with Crippen LogP contribution < -0.4 is 10.6 Å². The fourth-order valence-electron chi connectivity index (χ4n) is 3.05. The first kappa shape index (κ1) is 15.0. The molecule has 0 heterocycles. The summed E-state index contributed by atoms with van der Waals surface area (Å²) < 4.78 is 0. The Hall–Kier alpha value is -1.35. The maximum atomic E-state index is 12.0. The van der Waals surface area contributed by atoms with Crippen LogP contribution in [0.4, 0.5) is 0 Å². The fourth-order valence-corrected chi connectivity index (χ4v) is 3.05. The van der Waals surface area contributed by atoms with Crippen LogP contribution in [0.2, 0.25) is 0 Å². The predicted octanol–water partition coefficient (Wildman–Crippen LogP) is 2.91. The van der Waals surface area contributed by atoms with E-state index in [1.165, 1.54) is 11.1 Å². The number of nitrogens with one attached hydrogen (secondary N) is 2. The Morgan fingerprint density at radius 3 is 2.85 bits per heavy atom. The lowest BCUT2D eigenvalue weighted by Gasteiger charge is -2.37. The molecular weight excluding hydrogens is 248 g/mol. The molecule has 2 rings (SSSR count). The smallest absolute Gasteiger partial charge is 0.220 e. The van der Waals surface area contributed by atoms with E-state index >= 15 is 0 Å². The number of carbonyl (C=O) groups excluding carboxylic acids is 1. The quantitative estimate of drug-likeness (QED) is 0.811. The molecular formula is C17H26N2O. The molecule has 3 nitrogen and oxygen atoms in total. The van der Waals surface area contributed by atoms with Crippen LogP contribution in [0.3, 0.4) is 0 Å². The zero-order chi connectivity index (χ0) is 14.6. The second kappa shape index (κ2) is 6.40. The summed E-state index contributed by atoms with van der Waals surface area (Å²) in [6, 6.07) is 8.71. The minimum atomic E-state index is 0.166. The molecule has 0 aliphatic heterocycles. The van der Waals surface area contributed by atoms with E-state index in [-0.39, 0.29) is 17.4 Å². The first-order valence-corrected chi connectivity index (χ1v) is 7.58. The summed E-state index contributed by atoms with van der Waals surface area (Å²) in [5.74, 6) is 0.166. The highest BCUT2D eigenvalue weighted by Gasteiger charge is 2.32. The molecule has 1 aromatic carbocycles. The SMILES string of the molecule is CNCCCC(=O)NC1CCC(C)(C)c2ccccc21. The number of benzene rings is 1. The summed E-state index contributed by atoms with van der Waals surface area (Å²) in [5.41, 5.74) is 2.89. The van der Waals surface area contributed by atoms with Gasteiger partial charge in [0.1, 0.15) is 0 Å². The van der Waals surface area contributed by atoms with Crippen LogP contribution in [0.1, 0.15) is 56.7 Å². The maximum absolute atomic E-state index is 12.0. The standard InChI is InChI=1S/C17H26N2O/c1-17(2)11-10-15(13-7-4-5-8-14(13)17)19-16(20)9-6-12-18-3/h4-5,7-8,15,18H,6,9-12H2,1-3H3,(H,19,20). The van der Waals surface area contributed by atoms with Crippen LogP contribution in [0.5, 0.6) is 0 Å². The highest BCUT2D eigenvalue weighted by molar-refractivity contribution is 5.76. The van der Waals surface area contributed by atoms with Crippen molar-refractivity contribution in [1.29, 1.82) is 0 Å². The van der Waals surface area contributed by atoms with Gasteiger partial charge in [0.05, 0.1) is 6.04 Å². The topological polar surface area (TPSA) is 41.1 Å². The maximum Gasteiger partial charge on any atom is 0.220 e. The zero-order valence-electron chi connectivity index (χ0n) is 12.8. The molecule has 0 radical (unpaired) electrons. The first-order valence-electron chi connectivity index (χ1n) is 7.58. The molecule has 1 amide bonds. The summed E-state index contributed by atoms with van der Waals surface area (Å²) >= 11 is 0. The van der Waals surface area contributed by atoms with Gasteiger partial charge in [-0.1, -0.05) is 38.1 Å². The van der Waals surface area contributed by atoms with Gasteiger partial charge in [-0.2, -0.15) is 0 Å². The van der Waals surface area contributed by atoms with Gasteiger partial charge in [0, 0.05) is 6.42 Å². The number of hydrogen-bond donors (Lipinski definition) is 2. The Balaban J connectivity index is 2.05. The molecule has 0 saturated heterocycles. The molecule has 20 heavy (non-hydrogen) atoms. The van der Waals surface area contributed by atoms with Gasteiger partial charge in [0.15, 0.2) is 0 Å². The molecule has 0 saturated carbocycles. The second-order valence-electron chi connectivity index (χ2n) is 6.34. The Bertz CT molecular complexity index is 468. The predicted molar refractivity (Wildman–Crippen MR) is 82.7 cm³/mol. The molecule has 0 bridgehead atoms. The Morgan fingerprint density at radius 2 is 2.10 bits per heavy atom. The molecule has 1 aliphatic carbocycles. The van der Waals surface area contributed by atoms with E-state index in [9.17, 15) is 4.79 Å². The number of amides is 1. The van der Waals surface area contributed by atoms with Crippen molar-refractivity contribution < 1.29 is 4.79 Å². The summed E-state index contributed by atoms with van der Waals surface area (Å²) in [6.45, 7) is 5.47. The van der Waals surface area contributed by atoms with Crippen molar-refractivity contribution in [1.82, 2.24) is 10.6 Å². The lowest BCUT2D eigenvalue weighted by atomic mass is 9.71. The van der Waals surface area contributed by atoms with Crippen LogP contribution in [-0.4, -0.2) is 19.5 Å². The van der Waals surface area contributed by atoms with Gasteiger partial charge in [-0.15, -0.1) is 0 Å². The molecule has 3 heteroatoms. The third kappa shape index (κ3) is 3.40. The second-order valence-corrected chi connectivity index (χ2v) is 6.34. The van der Waals surface area contributed by atoms with E-state index in [0.717, 1.165) is 25.8 Å². The highest BCUT2D eigenvalue weighted by Crippen LogP contribution is 2.41. The van der Waals surface area contributed by atoms with Crippen LogP contribution in [0.15, 0.2) is 24.3 Å². The number of hydrogen-bond acceptors (Lipinski definition) is 2. The van der Waals surface area contributed by atoms with Gasteiger partial charge in [-0.05, 0) is 49.4 Å². The molecule has 0 fully saturated rings. The van der Waals surface area contributed by atoms with E-state index in [1.54, 1.807) is 0 Å². The normalized spacial score (nSPS) is 20.2. The zero-order valence-corrected chi connectivity index (χ0v) is 12.8. The monoisotopic (exact) mass is 274 g/mol. The molecule has 1 aromatic rings. The van der Waals surface area contributed by atoms with Crippen molar-refractivity contribution in [2.24, 2.45) is 0 Å². The highest BCUT2D eigenvalue weighted by atomic mass is 16.1. The van der Waals surface area contributed by atoms with E-state index in [1.807, 2.05) is 7.05 Å². The molecule has 0 aromatic heterocycles. The molecule has 1 aliphatic rings. The van der Waals surface area contributed by atoms with E-state index in [4.69, 9.17) is 0 Å². The molecule has 1 atom stereocenters. The van der Waals surface area contributed by atoms with Crippen LogP contribution >= 0.6 is 0 Å². The summed E-state index contributed by atoms with van der Waals surface area (Å²) in [6.07, 6.45) is 3.64. The minimum Gasteiger partial charge on any atom is -0.349 e. The van der Waals surface area contributed by atoms with E-state index < -0.39 is 0 Å². The van der Waals surface area contributed by atoms with Crippen molar-refractivity contribution in [2.75, 3.05) is 13.6 Å². The molecule has 2 N–H and O–H groups in total. The molecule has 1 unspecified atom stereocenters. The first-order chi connectivity index (χ1) is 9.54. The summed E-state index contributed by atoms with van der Waals surface area (Å²) in [7, 11) is 1.91. The van der Waals surface area contributed by atoms with Gasteiger partial charge in [-0.3, -0.25) is 4.79 Å². The van der Waals surface area contributed by atoms with Gasteiger partial charge >= 0.3 is 0 Å². The Kier molecular flexibility index (Phi) is 4.81. The van der Waals surface area contributed by atoms with Gasteiger partial charge < -0.3 is 10.6 Å². The number of carbonyl (C=O) groups is 1. The van der Waals surface area contributed by atoms with Crippen molar-refractivity contribution >= 4 is 5.91 Å². The van der Waals surface area contributed by atoms with Gasteiger partial charge in [0.25, 0.3) is 0 Å². The molecule has 110 valence electrons. The number of fused-ring (bicyclic) bond motifs is 1. The van der Waals surface area contributed by atoms with Crippen LogP contribution in [0.25, 0.3) is 0 Å². The van der Waals surface area contributed by atoms with Crippen molar-refractivity contribution in [3.05, 3.63) is 35.4 Å². The third-order valence-electron chi connectivity index (χ3n) is 4.29. The minimum absolute atomic E-state index is 0.166. The lowest BCUT2D eigenvalue weighted by molar-refractivity contribution is -0.122. The van der Waals surface area contributed by atoms with E-state index in [0.29, 0.717) is 6.42 Å². The van der Waals surface area contributed by atoms with Crippen molar-refractivity contribution in [3.63, 3.8) is 0 Å². The third-order valence-corrected chi connectivity index (χ3v) is 4.29. The van der Waals surface area contributed by atoms with Crippen molar-refractivity contribution in [3.8, 4) is 0 Å². The van der Waals surface area contributed by atoms with Crippen LogP contribution in [0, 0.1) is 0 Å². The average Bonchev–Trinajstić information content (AvgIpc) is 2.43. The summed E-state index contributed by atoms with van der Waals surface area (Å²) in [5, 5.41) is 6.28. The number of rotatable bonds is 5. The fraction of sp³-hybridized carbons (Fsp3) is 0.588. The molecule has 0 spiro atoms. The van der Waals surface area contributed by atoms with Crippen molar-refractivity contribution in [2.45, 2.75) is 51.0 Å². The average molecular weight is 274 g/mol. The van der Waals surface area contributed by atoms with Gasteiger partial charge in [0.2, 0.25) is 5.91 Å².